The van der Waals surface area contributed by atoms with E-state index in [0.29, 0.717) is 0 Å². The third-order valence-corrected chi connectivity index (χ3v) is 1.70. The molecule has 1 fully saturated rings. The van der Waals surface area contributed by atoms with Crippen LogP contribution >= 0.6 is 0 Å². The van der Waals surface area contributed by atoms with Gasteiger partial charge in [0.1, 0.15) is 5.70 Å². The van der Waals surface area contributed by atoms with Gasteiger partial charge < -0.3 is 10.1 Å². The SMILES string of the molecule is CC(C)OC(=O)C=C1NC(=O)N(C)C1=O. The van der Waals surface area contributed by atoms with Crippen molar-refractivity contribution in [1.82, 2.24) is 10.2 Å². The van der Waals surface area contributed by atoms with Crippen molar-refractivity contribution in [2.75, 3.05) is 7.05 Å². The summed E-state index contributed by atoms with van der Waals surface area (Å²) in [5, 5.41) is 2.26. The van der Waals surface area contributed by atoms with Crippen molar-refractivity contribution in [3.05, 3.63) is 11.8 Å². The van der Waals surface area contributed by atoms with Crippen LogP contribution in [-0.2, 0) is 14.3 Å². The molecule has 6 heteroatoms. The van der Waals surface area contributed by atoms with Gasteiger partial charge >= 0.3 is 12.0 Å². The highest BCUT2D eigenvalue weighted by Crippen LogP contribution is 2.07. The average molecular weight is 212 g/mol. The molecule has 0 unspecified atom stereocenters. The number of amides is 3. The van der Waals surface area contributed by atoms with Gasteiger partial charge in [0, 0.05) is 7.05 Å². The summed E-state index contributed by atoms with van der Waals surface area (Å²) in [6.07, 6.45) is 0.711. The summed E-state index contributed by atoms with van der Waals surface area (Å²) in [4.78, 5) is 34.3. The Labute approximate surface area is 86.9 Å². The minimum absolute atomic E-state index is 0.0619. The van der Waals surface area contributed by atoms with E-state index in [1.54, 1.807) is 13.8 Å². The third kappa shape index (κ3) is 2.55. The lowest BCUT2D eigenvalue weighted by atomic mass is 10.4. The van der Waals surface area contributed by atoms with Crippen LogP contribution in [0.25, 0.3) is 0 Å². The van der Waals surface area contributed by atoms with E-state index in [0.717, 1.165) is 11.0 Å². The lowest BCUT2D eigenvalue weighted by molar-refractivity contribution is -0.141. The maximum absolute atomic E-state index is 11.3. The van der Waals surface area contributed by atoms with E-state index in [1.807, 2.05) is 0 Å². The fraction of sp³-hybridized carbons (Fsp3) is 0.444. The number of hydrogen-bond acceptors (Lipinski definition) is 4. The zero-order chi connectivity index (χ0) is 11.6. The number of urea groups is 1. The summed E-state index contributed by atoms with van der Waals surface area (Å²) >= 11 is 0. The smallest absolute Gasteiger partial charge is 0.333 e. The number of ether oxygens (including phenoxy) is 1. The van der Waals surface area contributed by atoms with Crippen molar-refractivity contribution in [2.24, 2.45) is 0 Å². The van der Waals surface area contributed by atoms with Gasteiger partial charge in [0.2, 0.25) is 0 Å². The zero-order valence-electron chi connectivity index (χ0n) is 8.73. The highest BCUT2D eigenvalue weighted by molar-refractivity contribution is 6.13. The molecule has 15 heavy (non-hydrogen) atoms. The van der Waals surface area contributed by atoms with Gasteiger partial charge in [-0.2, -0.15) is 0 Å². The third-order valence-electron chi connectivity index (χ3n) is 1.70. The van der Waals surface area contributed by atoms with Gasteiger partial charge in [-0.25, -0.2) is 9.59 Å². The Morgan fingerprint density at radius 3 is 2.47 bits per heavy atom. The lowest BCUT2D eigenvalue weighted by Gasteiger charge is -2.04. The Kier molecular flexibility index (Phi) is 3.08. The standard InChI is InChI=1S/C9H12N2O4/c1-5(2)15-7(12)4-6-8(13)11(3)9(14)10-6/h4-5H,1-3H3,(H,10,14). The molecule has 1 N–H and O–H groups in total. The fourth-order valence-corrected chi connectivity index (χ4v) is 1.01. The average Bonchev–Trinajstić information content (AvgIpc) is 2.32. The predicted octanol–water partition coefficient (Wildman–Crippen LogP) is 0.00350. The number of nitrogens with zero attached hydrogens (tertiary/aromatic N) is 1. The van der Waals surface area contributed by atoms with Crippen molar-refractivity contribution >= 4 is 17.9 Å². The fourth-order valence-electron chi connectivity index (χ4n) is 1.01. The van der Waals surface area contributed by atoms with Gasteiger partial charge in [-0.3, -0.25) is 9.69 Å². The molecule has 0 aromatic rings. The molecule has 1 rings (SSSR count). The first-order chi connectivity index (χ1) is 6.91. The van der Waals surface area contributed by atoms with Gasteiger partial charge in [0.05, 0.1) is 12.2 Å². The largest absolute Gasteiger partial charge is 0.460 e. The summed E-state index contributed by atoms with van der Waals surface area (Å²) < 4.78 is 4.79. The number of carbonyl (C=O) groups is 3. The van der Waals surface area contributed by atoms with Crippen LogP contribution in [0.5, 0.6) is 0 Å². The molecule has 6 nitrogen and oxygen atoms in total. The van der Waals surface area contributed by atoms with Crippen molar-refractivity contribution in [2.45, 2.75) is 20.0 Å². The first-order valence-corrected chi connectivity index (χ1v) is 4.43. The highest BCUT2D eigenvalue weighted by atomic mass is 16.5. The van der Waals surface area contributed by atoms with Crippen molar-refractivity contribution in [3.63, 3.8) is 0 Å². The number of rotatable bonds is 2. The lowest BCUT2D eigenvalue weighted by Crippen LogP contribution is -2.25. The molecule has 1 aliphatic rings. The van der Waals surface area contributed by atoms with Crippen LogP contribution in [0.2, 0.25) is 0 Å². The molecule has 1 aliphatic heterocycles. The first-order valence-electron chi connectivity index (χ1n) is 4.43. The number of imide groups is 1. The predicted molar refractivity (Wildman–Crippen MR) is 50.6 cm³/mol. The van der Waals surface area contributed by atoms with Crippen LogP contribution < -0.4 is 5.32 Å². The van der Waals surface area contributed by atoms with E-state index >= 15 is 0 Å². The quantitative estimate of drug-likeness (QED) is 0.397. The molecule has 0 aliphatic carbocycles. The van der Waals surface area contributed by atoms with Crippen molar-refractivity contribution in [1.29, 1.82) is 0 Å². The van der Waals surface area contributed by atoms with Gasteiger partial charge in [-0.15, -0.1) is 0 Å². The topological polar surface area (TPSA) is 75.7 Å². The molecule has 3 amide bonds. The Hall–Kier alpha value is -1.85. The minimum atomic E-state index is -0.649. The molecule has 0 aromatic heterocycles. The molecular formula is C9H12N2O4. The van der Waals surface area contributed by atoms with E-state index in [4.69, 9.17) is 4.74 Å². The van der Waals surface area contributed by atoms with Crippen molar-refractivity contribution in [3.8, 4) is 0 Å². The monoisotopic (exact) mass is 212 g/mol. The molecule has 1 heterocycles. The van der Waals surface area contributed by atoms with E-state index in [1.165, 1.54) is 7.05 Å². The molecule has 82 valence electrons. The van der Waals surface area contributed by atoms with E-state index in [2.05, 4.69) is 5.32 Å². The second-order valence-corrected chi connectivity index (χ2v) is 3.34. The summed E-state index contributed by atoms with van der Waals surface area (Å²) in [7, 11) is 1.33. The highest BCUT2D eigenvalue weighted by Gasteiger charge is 2.30. The van der Waals surface area contributed by atoms with Gasteiger partial charge in [0.15, 0.2) is 0 Å². The summed E-state index contributed by atoms with van der Waals surface area (Å²) in [5.41, 5.74) is -0.0619. The molecule has 0 aromatic carbocycles. The van der Waals surface area contributed by atoms with Crippen LogP contribution in [0.15, 0.2) is 11.8 Å². The van der Waals surface area contributed by atoms with Crippen LogP contribution in [0.1, 0.15) is 13.8 Å². The molecule has 0 radical (unpaired) electrons. The summed E-state index contributed by atoms with van der Waals surface area (Å²) in [6.45, 7) is 3.38. The molecule has 0 atom stereocenters. The van der Waals surface area contributed by atoms with Crippen LogP contribution in [-0.4, -0.2) is 36.0 Å². The zero-order valence-corrected chi connectivity index (χ0v) is 8.73. The minimum Gasteiger partial charge on any atom is -0.460 e. The van der Waals surface area contributed by atoms with Crippen LogP contribution in [0, 0.1) is 0 Å². The Balaban J connectivity index is 2.73. The summed E-state index contributed by atoms with van der Waals surface area (Å²) in [6, 6.07) is -0.552. The normalized spacial score (nSPS) is 18.7. The summed E-state index contributed by atoms with van der Waals surface area (Å²) in [5.74, 6) is -1.19. The van der Waals surface area contributed by atoms with Crippen LogP contribution in [0.4, 0.5) is 4.79 Å². The van der Waals surface area contributed by atoms with Gasteiger partial charge in [0.25, 0.3) is 5.91 Å². The van der Waals surface area contributed by atoms with Crippen LogP contribution in [0.3, 0.4) is 0 Å². The number of likely N-dealkylation sites (N-methyl/N-ethyl adjacent to an activating group) is 1. The number of nitrogens with one attached hydrogen (secondary N) is 1. The second-order valence-electron chi connectivity index (χ2n) is 3.34. The molecule has 0 spiro atoms. The first kappa shape index (κ1) is 11.2. The Morgan fingerprint density at radius 2 is 2.07 bits per heavy atom. The van der Waals surface area contributed by atoms with E-state index in [-0.39, 0.29) is 11.8 Å². The molecule has 0 saturated carbocycles. The van der Waals surface area contributed by atoms with Gasteiger partial charge in [-0.05, 0) is 13.8 Å². The van der Waals surface area contributed by atoms with E-state index in [9.17, 15) is 14.4 Å². The Bertz CT molecular complexity index is 346. The van der Waals surface area contributed by atoms with Crippen molar-refractivity contribution < 1.29 is 19.1 Å². The number of hydrogen-bond donors (Lipinski definition) is 1. The van der Waals surface area contributed by atoms with Gasteiger partial charge in [-0.1, -0.05) is 0 Å². The molecular weight excluding hydrogens is 200 g/mol. The molecule has 1 saturated heterocycles. The maximum Gasteiger partial charge on any atom is 0.333 e. The number of carbonyl (C=O) groups excluding carboxylic acids is 3. The molecule has 0 bridgehead atoms. The van der Waals surface area contributed by atoms with E-state index < -0.39 is 17.9 Å². The second kappa shape index (κ2) is 4.12. The Morgan fingerprint density at radius 1 is 1.47 bits per heavy atom. The maximum atomic E-state index is 11.3. The number of esters is 1.